The molecule has 1 atom stereocenters. The van der Waals surface area contributed by atoms with Crippen molar-refractivity contribution in [3.63, 3.8) is 0 Å². The molecule has 0 bridgehead atoms. The highest BCUT2D eigenvalue weighted by molar-refractivity contribution is 7.18. The van der Waals surface area contributed by atoms with Crippen LogP contribution in [-0.4, -0.2) is 14.8 Å². The topological polar surface area (TPSA) is 56.7 Å². The quantitative estimate of drug-likeness (QED) is 0.797. The first-order valence-corrected chi connectivity index (χ1v) is 7.05. The Balaban J connectivity index is 1.86. The van der Waals surface area contributed by atoms with Gasteiger partial charge in [0.15, 0.2) is 0 Å². The summed E-state index contributed by atoms with van der Waals surface area (Å²) in [6, 6.07) is 10.2. The molecule has 1 aromatic carbocycles. The summed E-state index contributed by atoms with van der Waals surface area (Å²) >= 11 is 1.71. The van der Waals surface area contributed by atoms with E-state index in [0.29, 0.717) is 0 Å². The molecule has 2 N–H and O–H groups in total. The van der Waals surface area contributed by atoms with E-state index in [1.807, 2.05) is 42.9 Å². The van der Waals surface area contributed by atoms with Crippen LogP contribution in [0.15, 0.2) is 30.3 Å². The van der Waals surface area contributed by atoms with Gasteiger partial charge in [-0.25, -0.2) is 4.98 Å². The summed E-state index contributed by atoms with van der Waals surface area (Å²) in [7, 11) is 1.93. The standard InChI is InChI=1S/C14H16N4S/c1-9-7-12(18(2)17-9)10(15)8-14-16-11-5-3-4-6-13(11)19-14/h3-7,10H,8,15H2,1-2H3. The van der Waals surface area contributed by atoms with Crippen molar-refractivity contribution in [2.45, 2.75) is 19.4 Å². The van der Waals surface area contributed by atoms with Gasteiger partial charge in [-0.1, -0.05) is 12.1 Å². The monoisotopic (exact) mass is 272 g/mol. The summed E-state index contributed by atoms with van der Waals surface area (Å²) in [5.41, 5.74) is 9.37. The highest BCUT2D eigenvalue weighted by Gasteiger charge is 2.14. The van der Waals surface area contributed by atoms with Crippen molar-refractivity contribution in [1.29, 1.82) is 0 Å². The van der Waals surface area contributed by atoms with Crippen molar-refractivity contribution in [3.8, 4) is 0 Å². The van der Waals surface area contributed by atoms with Crippen LogP contribution in [0.5, 0.6) is 0 Å². The zero-order valence-corrected chi connectivity index (χ0v) is 11.8. The molecule has 0 aliphatic heterocycles. The van der Waals surface area contributed by atoms with E-state index in [9.17, 15) is 0 Å². The Morgan fingerprint density at radius 1 is 1.37 bits per heavy atom. The third-order valence-corrected chi connectivity index (χ3v) is 4.21. The molecular weight excluding hydrogens is 256 g/mol. The van der Waals surface area contributed by atoms with Gasteiger partial charge in [-0.15, -0.1) is 11.3 Å². The number of rotatable bonds is 3. The normalized spacial score (nSPS) is 13.0. The molecule has 2 heterocycles. The number of hydrogen-bond donors (Lipinski definition) is 1. The van der Waals surface area contributed by atoms with Crippen LogP contribution in [-0.2, 0) is 13.5 Å². The molecule has 0 amide bonds. The van der Waals surface area contributed by atoms with Gasteiger partial charge in [-0.05, 0) is 25.1 Å². The molecule has 0 aliphatic rings. The van der Waals surface area contributed by atoms with Crippen LogP contribution in [0.25, 0.3) is 10.2 Å². The van der Waals surface area contributed by atoms with Gasteiger partial charge in [0.2, 0.25) is 0 Å². The number of benzene rings is 1. The van der Waals surface area contributed by atoms with Crippen LogP contribution < -0.4 is 5.73 Å². The molecule has 3 rings (SSSR count). The number of nitrogens with two attached hydrogens (primary N) is 1. The fourth-order valence-electron chi connectivity index (χ4n) is 2.28. The highest BCUT2D eigenvalue weighted by atomic mass is 32.1. The Morgan fingerprint density at radius 3 is 2.84 bits per heavy atom. The summed E-state index contributed by atoms with van der Waals surface area (Å²) in [4.78, 5) is 4.62. The lowest BCUT2D eigenvalue weighted by Gasteiger charge is -2.09. The second-order valence-electron chi connectivity index (χ2n) is 4.72. The molecule has 0 saturated carbocycles. The van der Waals surface area contributed by atoms with Crippen molar-refractivity contribution in [1.82, 2.24) is 14.8 Å². The van der Waals surface area contributed by atoms with Gasteiger partial charge in [0.05, 0.1) is 32.7 Å². The second-order valence-corrected chi connectivity index (χ2v) is 5.84. The average molecular weight is 272 g/mol. The Hall–Kier alpha value is -1.72. The van der Waals surface area contributed by atoms with Gasteiger partial charge < -0.3 is 5.73 Å². The summed E-state index contributed by atoms with van der Waals surface area (Å²) in [5.74, 6) is 0. The van der Waals surface area contributed by atoms with Crippen LogP contribution in [0.4, 0.5) is 0 Å². The van der Waals surface area contributed by atoms with Crippen LogP contribution in [0.3, 0.4) is 0 Å². The van der Waals surface area contributed by atoms with Gasteiger partial charge in [0, 0.05) is 13.5 Å². The zero-order chi connectivity index (χ0) is 13.4. The number of aromatic nitrogens is 3. The van der Waals surface area contributed by atoms with Crippen LogP contribution in [0, 0.1) is 6.92 Å². The Labute approximate surface area is 115 Å². The van der Waals surface area contributed by atoms with Crippen molar-refractivity contribution in [3.05, 3.63) is 46.7 Å². The van der Waals surface area contributed by atoms with Crippen molar-refractivity contribution in [2.75, 3.05) is 0 Å². The second kappa shape index (κ2) is 4.75. The Bertz CT molecular complexity index is 680. The lowest BCUT2D eigenvalue weighted by molar-refractivity contribution is 0.614. The molecule has 19 heavy (non-hydrogen) atoms. The van der Waals surface area contributed by atoms with E-state index in [1.165, 1.54) is 4.70 Å². The summed E-state index contributed by atoms with van der Waals surface area (Å²) < 4.78 is 3.07. The number of aryl methyl sites for hydroxylation is 2. The van der Waals surface area contributed by atoms with E-state index in [2.05, 4.69) is 16.1 Å². The lowest BCUT2D eigenvalue weighted by Crippen LogP contribution is -2.16. The SMILES string of the molecule is Cc1cc(C(N)Cc2nc3ccccc3s2)n(C)n1. The molecule has 98 valence electrons. The minimum absolute atomic E-state index is 0.0632. The van der Waals surface area contributed by atoms with Gasteiger partial charge in [0.25, 0.3) is 0 Å². The van der Waals surface area contributed by atoms with Crippen molar-refractivity contribution < 1.29 is 0 Å². The number of thiazole rings is 1. The van der Waals surface area contributed by atoms with Crippen molar-refractivity contribution in [2.24, 2.45) is 12.8 Å². The highest BCUT2D eigenvalue weighted by Crippen LogP contribution is 2.25. The number of hydrogen-bond acceptors (Lipinski definition) is 4. The van der Waals surface area contributed by atoms with E-state index >= 15 is 0 Å². The average Bonchev–Trinajstić information content (AvgIpc) is 2.91. The first kappa shape index (κ1) is 12.3. The van der Waals surface area contributed by atoms with E-state index < -0.39 is 0 Å². The van der Waals surface area contributed by atoms with Crippen LogP contribution in [0.2, 0.25) is 0 Å². The Morgan fingerprint density at radius 2 is 2.16 bits per heavy atom. The molecule has 2 aromatic heterocycles. The fraction of sp³-hybridized carbons (Fsp3) is 0.286. The molecule has 3 aromatic rings. The van der Waals surface area contributed by atoms with Gasteiger partial charge in [-0.2, -0.15) is 5.10 Å². The predicted molar refractivity (Wildman–Crippen MR) is 78.2 cm³/mol. The first-order chi connectivity index (χ1) is 9.13. The number of nitrogens with zero attached hydrogens (tertiary/aromatic N) is 3. The van der Waals surface area contributed by atoms with Gasteiger partial charge >= 0.3 is 0 Å². The minimum Gasteiger partial charge on any atom is -0.322 e. The zero-order valence-electron chi connectivity index (χ0n) is 11.0. The number of fused-ring (bicyclic) bond motifs is 1. The molecule has 0 fully saturated rings. The first-order valence-electron chi connectivity index (χ1n) is 6.24. The molecule has 1 unspecified atom stereocenters. The van der Waals surface area contributed by atoms with Crippen LogP contribution in [0.1, 0.15) is 22.4 Å². The van der Waals surface area contributed by atoms with E-state index in [1.54, 1.807) is 11.3 Å². The molecule has 5 heteroatoms. The van der Waals surface area contributed by atoms with Crippen molar-refractivity contribution >= 4 is 21.6 Å². The smallest absolute Gasteiger partial charge is 0.0958 e. The summed E-state index contributed by atoms with van der Waals surface area (Å²) in [5, 5.41) is 5.41. The van der Waals surface area contributed by atoms with Crippen LogP contribution >= 0.6 is 11.3 Å². The van der Waals surface area contributed by atoms with E-state index in [-0.39, 0.29) is 6.04 Å². The van der Waals surface area contributed by atoms with Gasteiger partial charge in [-0.3, -0.25) is 4.68 Å². The summed E-state index contributed by atoms with van der Waals surface area (Å²) in [6.07, 6.45) is 0.748. The fourth-order valence-corrected chi connectivity index (χ4v) is 3.30. The lowest BCUT2D eigenvalue weighted by atomic mass is 10.1. The van der Waals surface area contributed by atoms with Gasteiger partial charge in [0.1, 0.15) is 0 Å². The molecule has 0 aliphatic carbocycles. The maximum Gasteiger partial charge on any atom is 0.0958 e. The molecular formula is C14H16N4S. The largest absolute Gasteiger partial charge is 0.322 e. The van der Waals surface area contributed by atoms with E-state index in [0.717, 1.165) is 28.3 Å². The maximum atomic E-state index is 6.27. The van der Waals surface area contributed by atoms with E-state index in [4.69, 9.17) is 5.73 Å². The predicted octanol–water partition coefficient (Wildman–Crippen LogP) is 2.58. The molecule has 0 radical (unpaired) electrons. The third kappa shape index (κ3) is 2.39. The maximum absolute atomic E-state index is 6.27. The summed E-state index contributed by atoms with van der Waals surface area (Å²) in [6.45, 7) is 1.98. The number of para-hydroxylation sites is 1. The molecule has 0 spiro atoms. The minimum atomic E-state index is -0.0632. The molecule has 4 nitrogen and oxygen atoms in total. The Kier molecular flexibility index (Phi) is 3.08. The molecule has 0 saturated heterocycles. The third-order valence-electron chi connectivity index (χ3n) is 3.15.